The quantitative estimate of drug-likeness (QED) is 0.0878. The van der Waals surface area contributed by atoms with Gasteiger partial charge in [0, 0.05) is 67.6 Å². The molecule has 0 saturated carbocycles. The van der Waals surface area contributed by atoms with Crippen LogP contribution in [-0.2, 0) is 32.2 Å². The van der Waals surface area contributed by atoms with E-state index >= 15 is 0 Å². The second kappa shape index (κ2) is 21.5. The number of carbonyl (C=O) groups is 3. The highest BCUT2D eigenvalue weighted by Crippen LogP contribution is 2.37. The lowest BCUT2D eigenvalue weighted by Gasteiger charge is -2.34. The Morgan fingerprint density at radius 2 is 1.81 bits per heavy atom. The van der Waals surface area contributed by atoms with Crippen molar-refractivity contribution in [3.05, 3.63) is 24.0 Å². The second-order valence-corrected chi connectivity index (χ2v) is 18.5. The molecule has 340 valence electrons. The fraction of sp³-hybridized carbons (Fsp3) is 0.690. The molecule has 62 heavy (non-hydrogen) atoms. The van der Waals surface area contributed by atoms with E-state index in [1.165, 1.54) is 0 Å². The average Bonchev–Trinajstić information content (AvgIpc) is 4.08. The van der Waals surface area contributed by atoms with E-state index in [-0.39, 0.29) is 42.8 Å². The molecule has 0 bridgehead atoms. The Morgan fingerprint density at radius 3 is 2.61 bits per heavy atom. The summed E-state index contributed by atoms with van der Waals surface area (Å²) in [7, 11) is 1.60. The summed E-state index contributed by atoms with van der Waals surface area (Å²) in [5.74, 6) is 3.38. The molecule has 1 aromatic carbocycles. The van der Waals surface area contributed by atoms with Gasteiger partial charge in [0.1, 0.15) is 23.7 Å². The molecule has 4 amide bonds. The Kier molecular flexibility index (Phi) is 15.7. The van der Waals surface area contributed by atoms with Crippen molar-refractivity contribution in [2.24, 2.45) is 0 Å². The number of ether oxygens (including phenoxy) is 5. The van der Waals surface area contributed by atoms with E-state index in [1.54, 1.807) is 16.7 Å². The minimum absolute atomic E-state index is 0.0187. The molecule has 4 saturated heterocycles. The number of benzene rings is 1. The summed E-state index contributed by atoms with van der Waals surface area (Å²) in [4.78, 5) is 50.6. The summed E-state index contributed by atoms with van der Waals surface area (Å²) in [6.45, 7) is 11.4. The van der Waals surface area contributed by atoms with Gasteiger partial charge in [0.05, 0.1) is 63.9 Å². The summed E-state index contributed by atoms with van der Waals surface area (Å²) >= 11 is 1.90. The van der Waals surface area contributed by atoms with Gasteiger partial charge in [0.2, 0.25) is 11.9 Å². The van der Waals surface area contributed by atoms with Crippen LogP contribution in [0.15, 0.2) is 18.3 Å². The highest BCUT2D eigenvalue weighted by molar-refractivity contribution is 8.00. The number of urea groups is 1. The fourth-order valence-electron chi connectivity index (χ4n) is 8.12. The third-order valence-corrected chi connectivity index (χ3v) is 12.7. The van der Waals surface area contributed by atoms with Crippen molar-refractivity contribution in [1.29, 1.82) is 0 Å². The lowest BCUT2D eigenvalue weighted by molar-refractivity contribution is -0.121. The smallest absolute Gasteiger partial charge is 0.410 e. The number of hydrogen-bond acceptors (Lipinski definition) is 15. The van der Waals surface area contributed by atoms with Gasteiger partial charge in [-0.2, -0.15) is 16.7 Å². The van der Waals surface area contributed by atoms with Crippen LogP contribution in [0, 0.1) is 0 Å². The fourth-order valence-corrected chi connectivity index (χ4v) is 9.66. The lowest BCUT2D eigenvalue weighted by atomic mass is 10.0. The molecule has 4 N–H and O–H groups in total. The molecular weight excluding hydrogens is 819 g/mol. The van der Waals surface area contributed by atoms with E-state index in [0.29, 0.717) is 98.8 Å². The maximum atomic E-state index is 12.9. The van der Waals surface area contributed by atoms with Crippen LogP contribution in [0.5, 0.6) is 11.5 Å². The monoisotopic (exact) mass is 881 g/mol. The molecule has 4 fully saturated rings. The first-order chi connectivity index (χ1) is 30.0. The number of hydrogen-bond donors (Lipinski definition) is 4. The van der Waals surface area contributed by atoms with Crippen LogP contribution in [0.2, 0.25) is 0 Å². The van der Waals surface area contributed by atoms with Crippen molar-refractivity contribution in [1.82, 2.24) is 45.8 Å². The number of amides is 4. The number of thioether (sulfide) groups is 1. The minimum Gasteiger partial charge on any atom is -0.493 e. The normalized spacial score (nSPS) is 21.1. The van der Waals surface area contributed by atoms with Crippen molar-refractivity contribution < 1.29 is 38.1 Å². The molecule has 3 aromatic rings. The molecule has 0 radical (unpaired) electrons. The third-order valence-electron chi connectivity index (χ3n) is 11.2. The van der Waals surface area contributed by atoms with Crippen molar-refractivity contribution >= 4 is 52.5 Å². The van der Waals surface area contributed by atoms with E-state index in [9.17, 15) is 14.4 Å². The maximum Gasteiger partial charge on any atom is 0.410 e. The van der Waals surface area contributed by atoms with Gasteiger partial charge >= 0.3 is 12.1 Å². The Morgan fingerprint density at radius 1 is 0.984 bits per heavy atom. The van der Waals surface area contributed by atoms with E-state index in [0.717, 1.165) is 69.2 Å². The van der Waals surface area contributed by atoms with Gasteiger partial charge in [-0.3, -0.25) is 4.79 Å². The molecule has 20 heteroatoms. The standard InChI is InChI=1S/C42H63N11O8S/c1-42(2,3)61-41(56)52-16-9-10-28(24-52)44-38-30-22-33(57-4)34(23-31(30)45-39(48-38)51-14-7-8-15-51)60-26-29-25-53(50-49-29)17-19-59-21-20-58-18-13-43-36(54)12-6-5-11-35-37-32(27-62-35)46-40(55)47-37/h22-23,25,28,32,35,37H,5-21,24,26-27H2,1-4H3,(H,43,54)(H,44,45,48)(H2,46,47,55)/t28-,32+,35+,37+/m1/s1. The van der Waals surface area contributed by atoms with Crippen LogP contribution in [-0.4, -0.2) is 149 Å². The van der Waals surface area contributed by atoms with Crippen molar-refractivity contribution in [2.45, 2.75) is 114 Å². The molecular formula is C42H63N11O8S. The van der Waals surface area contributed by atoms with E-state index in [4.69, 9.17) is 33.7 Å². The summed E-state index contributed by atoms with van der Waals surface area (Å²) in [5, 5.41) is 22.3. The number of anilines is 2. The molecule has 0 spiro atoms. The number of aromatic nitrogens is 5. The number of nitrogens with zero attached hydrogens (tertiary/aromatic N) is 7. The van der Waals surface area contributed by atoms with E-state index in [2.05, 4.69) is 36.5 Å². The molecule has 0 aliphatic carbocycles. The summed E-state index contributed by atoms with van der Waals surface area (Å²) < 4.78 is 30.8. The molecule has 4 aliphatic heterocycles. The van der Waals surface area contributed by atoms with E-state index in [1.807, 2.05) is 50.9 Å². The maximum absolute atomic E-state index is 12.9. The summed E-state index contributed by atoms with van der Waals surface area (Å²) in [6.07, 6.45) is 8.70. The van der Waals surface area contributed by atoms with Gasteiger partial charge in [-0.05, 0) is 65.4 Å². The zero-order valence-corrected chi connectivity index (χ0v) is 37.3. The Balaban J connectivity index is 0.819. The lowest BCUT2D eigenvalue weighted by Crippen LogP contribution is -2.47. The van der Waals surface area contributed by atoms with Gasteiger partial charge in [-0.15, -0.1) is 5.10 Å². The zero-order valence-electron chi connectivity index (χ0n) is 36.5. The molecule has 0 unspecified atom stereocenters. The number of unbranched alkanes of at least 4 members (excludes halogenated alkanes) is 1. The molecule has 19 nitrogen and oxygen atoms in total. The summed E-state index contributed by atoms with van der Waals surface area (Å²) in [5.41, 5.74) is 0.801. The van der Waals surface area contributed by atoms with E-state index < -0.39 is 5.60 Å². The van der Waals surface area contributed by atoms with Crippen LogP contribution in [0.4, 0.5) is 21.4 Å². The number of likely N-dealkylation sites (tertiary alicyclic amines) is 1. The van der Waals surface area contributed by atoms with Gasteiger partial charge in [-0.1, -0.05) is 11.6 Å². The van der Waals surface area contributed by atoms with Crippen LogP contribution >= 0.6 is 11.8 Å². The van der Waals surface area contributed by atoms with Crippen LogP contribution < -0.4 is 35.6 Å². The average molecular weight is 882 g/mol. The Labute approximate surface area is 367 Å². The Bertz CT molecular complexity index is 1980. The number of piperidine rings is 1. The second-order valence-electron chi connectivity index (χ2n) is 17.2. The first kappa shape index (κ1) is 45.2. The number of methoxy groups -OCH3 is 1. The molecule has 4 aliphatic rings. The summed E-state index contributed by atoms with van der Waals surface area (Å²) in [6, 6.07) is 4.13. The SMILES string of the molecule is COc1cc2c(N[C@@H]3CCCN(C(=O)OC(C)(C)C)C3)nc(N3CCCC3)nc2cc1OCc1cn(CCOCCOCCNC(=O)CCCC[C@@H]2SC[C@@H]3NC(=O)N[C@@H]32)nn1. The van der Waals surface area contributed by atoms with Crippen LogP contribution in [0.1, 0.15) is 77.8 Å². The van der Waals surface area contributed by atoms with Gasteiger partial charge in [0.25, 0.3) is 0 Å². The first-order valence-corrected chi connectivity index (χ1v) is 23.1. The first-order valence-electron chi connectivity index (χ1n) is 22.0. The van der Waals surface area contributed by atoms with Gasteiger partial charge < -0.3 is 54.8 Å². The van der Waals surface area contributed by atoms with Gasteiger partial charge in [0.15, 0.2) is 11.5 Å². The number of carbonyl (C=O) groups excluding carboxylic acids is 3. The highest BCUT2D eigenvalue weighted by Gasteiger charge is 2.42. The highest BCUT2D eigenvalue weighted by atomic mass is 32.2. The Hall–Kier alpha value is -4.82. The molecule has 2 aromatic heterocycles. The van der Waals surface area contributed by atoms with Gasteiger partial charge in [-0.25, -0.2) is 19.3 Å². The van der Waals surface area contributed by atoms with Crippen molar-refractivity contribution in [2.75, 3.05) is 82.2 Å². The van der Waals surface area contributed by atoms with Crippen molar-refractivity contribution in [3.63, 3.8) is 0 Å². The molecule has 4 atom stereocenters. The predicted octanol–water partition coefficient (Wildman–Crippen LogP) is 4.10. The zero-order chi connectivity index (χ0) is 43.5. The van der Waals surface area contributed by atoms with Crippen molar-refractivity contribution in [3.8, 4) is 11.5 Å². The van der Waals surface area contributed by atoms with Crippen LogP contribution in [0.3, 0.4) is 0 Å². The molecule has 6 heterocycles. The number of nitrogens with one attached hydrogen (secondary N) is 4. The minimum atomic E-state index is -0.563. The number of rotatable bonds is 21. The third kappa shape index (κ3) is 12.6. The number of fused-ring (bicyclic) bond motifs is 2. The largest absolute Gasteiger partial charge is 0.493 e. The molecule has 7 rings (SSSR count). The topological polar surface area (TPSA) is 208 Å². The van der Waals surface area contributed by atoms with Crippen LogP contribution in [0.25, 0.3) is 10.9 Å². The predicted molar refractivity (Wildman–Crippen MR) is 235 cm³/mol.